The maximum atomic E-state index is 12.5. The molecule has 0 saturated heterocycles. The highest BCUT2D eigenvalue weighted by atomic mass is 16.4. The molecular weight excluding hydrogens is 340 g/mol. The molecule has 148 valence electrons. The molecular formula is C17H30N4O5. The van der Waals surface area contributed by atoms with Crippen molar-refractivity contribution in [3.8, 4) is 0 Å². The molecule has 0 radical (unpaired) electrons. The van der Waals surface area contributed by atoms with E-state index in [2.05, 4.69) is 16.0 Å². The number of carboxylic acid groups (broad SMARTS) is 1. The van der Waals surface area contributed by atoms with E-state index >= 15 is 0 Å². The van der Waals surface area contributed by atoms with E-state index in [1.165, 1.54) is 0 Å². The monoisotopic (exact) mass is 370 g/mol. The molecule has 1 fully saturated rings. The van der Waals surface area contributed by atoms with Crippen LogP contribution in [0.3, 0.4) is 0 Å². The van der Waals surface area contributed by atoms with Gasteiger partial charge in [-0.1, -0.05) is 6.92 Å². The smallest absolute Gasteiger partial charge is 0.404 e. The second-order valence-corrected chi connectivity index (χ2v) is 7.01. The molecule has 0 aromatic carbocycles. The number of unbranched alkanes of at least 4 members (excludes halogenated alkanes) is 1. The van der Waals surface area contributed by atoms with Gasteiger partial charge in [-0.05, 0) is 45.4 Å². The summed E-state index contributed by atoms with van der Waals surface area (Å²) in [5.74, 6) is -1.20. The van der Waals surface area contributed by atoms with Gasteiger partial charge in [-0.15, -0.1) is 0 Å². The molecule has 0 unspecified atom stereocenters. The maximum absolute atomic E-state index is 12.5. The van der Waals surface area contributed by atoms with Crippen LogP contribution in [-0.2, 0) is 14.4 Å². The lowest BCUT2D eigenvalue weighted by Gasteiger charge is -2.22. The van der Waals surface area contributed by atoms with E-state index in [1.807, 2.05) is 0 Å². The Labute approximate surface area is 153 Å². The third-order valence-corrected chi connectivity index (χ3v) is 4.36. The first kappa shape index (κ1) is 21.7. The van der Waals surface area contributed by atoms with Crippen molar-refractivity contribution in [1.29, 1.82) is 0 Å². The Bertz CT molecular complexity index is 521. The minimum atomic E-state index is -1.08. The lowest BCUT2D eigenvalue weighted by Crippen LogP contribution is -2.50. The predicted octanol–water partition coefficient (Wildman–Crippen LogP) is 0.335. The lowest BCUT2D eigenvalue weighted by atomic mass is 10.0. The highest BCUT2D eigenvalue weighted by Gasteiger charge is 2.32. The van der Waals surface area contributed by atoms with Gasteiger partial charge >= 0.3 is 6.09 Å². The van der Waals surface area contributed by atoms with Crippen molar-refractivity contribution in [3.63, 3.8) is 0 Å². The van der Waals surface area contributed by atoms with Gasteiger partial charge in [-0.3, -0.25) is 14.4 Å². The normalized spacial score (nSPS) is 16.8. The molecule has 9 heteroatoms. The van der Waals surface area contributed by atoms with Gasteiger partial charge in [-0.25, -0.2) is 4.79 Å². The molecule has 1 rings (SSSR count). The molecule has 0 bridgehead atoms. The van der Waals surface area contributed by atoms with Crippen molar-refractivity contribution in [2.75, 3.05) is 6.54 Å². The van der Waals surface area contributed by atoms with Crippen molar-refractivity contribution >= 4 is 23.8 Å². The van der Waals surface area contributed by atoms with Gasteiger partial charge < -0.3 is 26.8 Å². The first-order chi connectivity index (χ1) is 12.2. The summed E-state index contributed by atoms with van der Waals surface area (Å²) in [6, 6.07) is -0.918. The molecule has 1 aliphatic rings. The summed E-state index contributed by atoms with van der Waals surface area (Å²) in [4.78, 5) is 46.1. The second kappa shape index (κ2) is 10.6. The summed E-state index contributed by atoms with van der Waals surface area (Å²) in [6.07, 6.45) is 2.61. The van der Waals surface area contributed by atoms with Crippen LogP contribution in [0, 0.1) is 11.8 Å². The number of carbonyl (C=O) groups is 4. The summed E-state index contributed by atoms with van der Waals surface area (Å²) in [6.45, 7) is 3.79. The van der Waals surface area contributed by atoms with Crippen LogP contribution in [0.2, 0.25) is 0 Å². The molecule has 9 nitrogen and oxygen atoms in total. The summed E-state index contributed by atoms with van der Waals surface area (Å²) < 4.78 is 0. The summed E-state index contributed by atoms with van der Waals surface area (Å²) in [7, 11) is 0. The molecule has 1 aliphatic carbocycles. The molecule has 0 aromatic rings. The number of carbonyl (C=O) groups excluding carboxylic acids is 3. The average molecular weight is 370 g/mol. The van der Waals surface area contributed by atoms with Crippen molar-refractivity contribution in [2.45, 2.75) is 64.5 Å². The average Bonchev–Trinajstić information content (AvgIpc) is 3.37. The number of primary amides is 1. The fourth-order valence-corrected chi connectivity index (χ4v) is 2.62. The Balaban J connectivity index is 2.49. The zero-order valence-electron chi connectivity index (χ0n) is 15.4. The van der Waals surface area contributed by atoms with E-state index in [-0.39, 0.29) is 29.7 Å². The zero-order chi connectivity index (χ0) is 19.7. The number of hydrogen-bond donors (Lipinski definition) is 5. The Morgan fingerprint density at radius 2 is 1.77 bits per heavy atom. The molecule has 0 spiro atoms. The van der Waals surface area contributed by atoms with E-state index in [0.29, 0.717) is 32.2 Å². The summed E-state index contributed by atoms with van der Waals surface area (Å²) >= 11 is 0. The molecule has 26 heavy (non-hydrogen) atoms. The van der Waals surface area contributed by atoms with Gasteiger partial charge in [-0.2, -0.15) is 0 Å². The van der Waals surface area contributed by atoms with Crippen LogP contribution in [0.4, 0.5) is 4.79 Å². The number of hydrogen-bond acceptors (Lipinski definition) is 4. The minimum absolute atomic E-state index is 0.00807. The van der Waals surface area contributed by atoms with Gasteiger partial charge in [0.25, 0.3) is 0 Å². The van der Waals surface area contributed by atoms with Gasteiger partial charge in [0.1, 0.15) is 6.04 Å². The van der Waals surface area contributed by atoms with Crippen LogP contribution >= 0.6 is 0 Å². The SMILES string of the molecule is C[C@@H](C[C@H](C)C(N)=O)NC(=O)[C@H](CCCCNC(=O)O)NC(=O)C1CC1. The number of nitrogens with two attached hydrogens (primary N) is 1. The Hall–Kier alpha value is -2.32. The molecule has 6 N–H and O–H groups in total. The predicted molar refractivity (Wildman–Crippen MR) is 95.1 cm³/mol. The van der Waals surface area contributed by atoms with Crippen LogP contribution in [0.15, 0.2) is 0 Å². The first-order valence-corrected chi connectivity index (χ1v) is 9.07. The van der Waals surface area contributed by atoms with Crippen LogP contribution in [-0.4, -0.2) is 47.5 Å². The molecule has 3 atom stereocenters. The van der Waals surface area contributed by atoms with Crippen LogP contribution in [0.25, 0.3) is 0 Å². The Kier molecular flexibility index (Phi) is 8.87. The lowest BCUT2D eigenvalue weighted by molar-refractivity contribution is -0.130. The summed E-state index contributed by atoms with van der Waals surface area (Å²) in [5.41, 5.74) is 5.24. The molecule has 0 aromatic heterocycles. The van der Waals surface area contributed by atoms with Crippen molar-refractivity contribution in [1.82, 2.24) is 16.0 Å². The van der Waals surface area contributed by atoms with E-state index in [0.717, 1.165) is 12.8 Å². The van der Waals surface area contributed by atoms with Gasteiger partial charge in [0.2, 0.25) is 17.7 Å². The fourth-order valence-electron chi connectivity index (χ4n) is 2.62. The largest absolute Gasteiger partial charge is 0.465 e. The second-order valence-electron chi connectivity index (χ2n) is 7.01. The van der Waals surface area contributed by atoms with Crippen molar-refractivity contribution in [2.24, 2.45) is 17.6 Å². The van der Waals surface area contributed by atoms with Crippen LogP contribution in [0.5, 0.6) is 0 Å². The number of rotatable bonds is 12. The minimum Gasteiger partial charge on any atom is -0.465 e. The van der Waals surface area contributed by atoms with Gasteiger partial charge in [0.05, 0.1) is 0 Å². The topological polar surface area (TPSA) is 151 Å². The van der Waals surface area contributed by atoms with Gasteiger partial charge in [0, 0.05) is 24.4 Å². The van der Waals surface area contributed by atoms with Crippen molar-refractivity contribution in [3.05, 3.63) is 0 Å². The van der Waals surface area contributed by atoms with Gasteiger partial charge in [0.15, 0.2) is 0 Å². The highest BCUT2D eigenvalue weighted by molar-refractivity contribution is 5.89. The molecule has 1 saturated carbocycles. The van der Waals surface area contributed by atoms with Crippen LogP contribution < -0.4 is 21.7 Å². The third kappa shape index (κ3) is 8.68. The number of nitrogens with one attached hydrogen (secondary N) is 3. The molecule has 4 amide bonds. The molecule has 0 aliphatic heterocycles. The molecule has 0 heterocycles. The Morgan fingerprint density at radius 1 is 1.12 bits per heavy atom. The van der Waals surface area contributed by atoms with E-state index < -0.39 is 18.0 Å². The first-order valence-electron chi connectivity index (χ1n) is 9.07. The number of amides is 4. The van der Waals surface area contributed by atoms with E-state index in [9.17, 15) is 19.2 Å². The fraction of sp³-hybridized carbons (Fsp3) is 0.765. The summed E-state index contributed by atoms with van der Waals surface area (Å²) in [5, 5.41) is 16.4. The zero-order valence-corrected chi connectivity index (χ0v) is 15.4. The maximum Gasteiger partial charge on any atom is 0.404 e. The van der Waals surface area contributed by atoms with E-state index in [1.54, 1.807) is 13.8 Å². The Morgan fingerprint density at radius 3 is 2.31 bits per heavy atom. The standard InChI is InChI=1S/C17H30N4O5/c1-10(14(18)22)9-11(2)20-16(24)13(21-15(23)12-6-7-12)5-3-4-8-19-17(25)26/h10-13,19H,3-9H2,1-2H3,(H2,18,22)(H,20,24)(H,21,23)(H,25,26)/t10-,11-,13-/m0/s1. The third-order valence-electron chi connectivity index (χ3n) is 4.36. The van der Waals surface area contributed by atoms with Crippen LogP contribution in [0.1, 0.15) is 52.4 Å². The van der Waals surface area contributed by atoms with E-state index in [4.69, 9.17) is 10.8 Å². The van der Waals surface area contributed by atoms with Crippen molar-refractivity contribution < 1.29 is 24.3 Å². The highest BCUT2D eigenvalue weighted by Crippen LogP contribution is 2.29. The quantitative estimate of drug-likeness (QED) is 0.314.